The number of aromatic nitrogens is 1. The number of rotatable bonds is 6. The normalized spacial score (nSPS) is 10.4. The monoisotopic (exact) mass is 346 g/mol. The molecule has 132 valence electrons. The van der Waals surface area contributed by atoms with Gasteiger partial charge in [-0.1, -0.05) is 30.3 Å². The average Bonchev–Trinajstić information content (AvgIpc) is 2.67. The SMILES string of the molecule is COc1ccc(CC(=O)N(Cc2cccnc2)c2cccc(C)c2)cc1. The fraction of sp³-hybridized carbons (Fsp3) is 0.182. The number of benzene rings is 2. The Bertz CT molecular complexity index is 861. The molecule has 4 heteroatoms. The van der Waals surface area contributed by atoms with Gasteiger partial charge in [0.15, 0.2) is 0 Å². The van der Waals surface area contributed by atoms with E-state index in [9.17, 15) is 4.79 Å². The topological polar surface area (TPSA) is 42.4 Å². The van der Waals surface area contributed by atoms with Crippen LogP contribution >= 0.6 is 0 Å². The average molecular weight is 346 g/mol. The quantitative estimate of drug-likeness (QED) is 0.672. The van der Waals surface area contributed by atoms with Crippen molar-refractivity contribution in [2.75, 3.05) is 12.0 Å². The number of methoxy groups -OCH3 is 1. The first-order valence-corrected chi connectivity index (χ1v) is 8.54. The molecule has 0 atom stereocenters. The lowest BCUT2D eigenvalue weighted by Gasteiger charge is -2.23. The molecule has 3 aromatic rings. The Morgan fingerprint density at radius 1 is 1.04 bits per heavy atom. The van der Waals surface area contributed by atoms with Crippen molar-refractivity contribution in [3.63, 3.8) is 0 Å². The van der Waals surface area contributed by atoms with Crippen molar-refractivity contribution in [1.82, 2.24) is 4.98 Å². The summed E-state index contributed by atoms with van der Waals surface area (Å²) in [7, 11) is 1.63. The van der Waals surface area contributed by atoms with Crippen molar-refractivity contribution in [3.05, 3.63) is 89.7 Å². The first kappa shape index (κ1) is 17.7. The first-order chi connectivity index (χ1) is 12.7. The van der Waals surface area contributed by atoms with Crippen LogP contribution in [-0.2, 0) is 17.8 Å². The van der Waals surface area contributed by atoms with E-state index in [1.165, 1.54) is 0 Å². The van der Waals surface area contributed by atoms with Crippen LogP contribution in [0, 0.1) is 6.92 Å². The van der Waals surface area contributed by atoms with Gasteiger partial charge in [-0.25, -0.2) is 0 Å². The number of amides is 1. The van der Waals surface area contributed by atoms with Crippen LogP contribution in [0.4, 0.5) is 5.69 Å². The van der Waals surface area contributed by atoms with E-state index < -0.39 is 0 Å². The zero-order valence-electron chi connectivity index (χ0n) is 15.1. The molecule has 2 aromatic carbocycles. The molecule has 1 heterocycles. The fourth-order valence-corrected chi connectivity index (χ4v) is 2.81. The zero-order valence-corrected chi connectivity index (χ0v) is 15.1. The van der Waals surface area contributed by atoms with E-state index in [4.69, 9.17) is 4.74 Å². The van der Waals surface area contributed by atoms with Crippen molar-refractivity contribution >= 4 is 11.6 Å². The Morgan fingerprint density at radius 3 is 2.50 bits per heavy atom. The van der Waals surface area contributed by atoms with Gasteiger partial charge in [-0.2, -0.15) is 0 Å². The van der Waals surface area contributed by atoms with Gasteiger partial charge >= 0.3 is 0 Å². The molecule has 1 amide bonds. The molecule has 0 aliphatic carbocycles. The van der Waals surface area contributed by atoms with Gasteiger partial charge in [0.25, 0.3) is 0 Å². The number of hydrogen-bond acceptors (Lipinski definition) is 3. The third-order valence-corrected chi connectivity index (χ3v) is 4.19. The molecule has 0 saturated carbocycles. The Balaban J connectivity index is 1.84. The minimum Gasteiger partial charge on any atom is -0.497 e. The molecule has 4 nitrogen and oxygen atoms in total. The molecule has 0 aliphatic rings. The largest absolute Gasteiger partial charge is 0.497 e. The molecule has 0 unspecified atom stereocenters. The molecular weight excluding hydrogens is 324 g/mol. The smallest absolute Gasteiger partial charge is 0.231 e. The Labute approximate surface area is 154 Å². The molecule has 26 heavy (non-hydrogen) atoms. The third-order valence-electron chi connectivity index (χ3n) is 4.19. The van der Waals surface area contributed by atoms with E-state index >= 15 is 0 Å². The van der Waals surface area contributed by atoms with Crippen molar-refractivity contribution in [2.45, 2.75) is 19.9 Å². The molecular formula is C22H22N2O2. The lowest BCUT2D eigenvalue weighted by molar-refractivity contribution is -0.118. The summed E-state index contributed by atoms with van der Waals surface area (Å²) in [6, 6.07) is 19.5. The number of hydrogen-bond donors (Lipinski definition) is 0. The van der Waals surface area contributed by atoms with Crippen molar-refractivity contribution < 1.29 is 9.53 Å². The van der Waals surface area contributed by atoms with E-state index in [1.54, 1.807) is 19.5 Å². The van der Waals surface area contributed by atoms with Crippen LogP contribution in [0.25, 0.3) is 0 Å². The van der Waals surface area contributed by atoms with Crippen LogP contribution in [0.2, 0.25) is 0 Å². The number of carbonyl (C=O) groups excluding carboxylic acids is 1. The highest BCUT2D eigenvalue weighted by Crippen LogP contribution is 2.21. The number of nitrogens with zero attached hydrogens (tertiary/aromatic N) is 2. The first-order valence-electron chi connectivity index (χ1n) is 8.54. The van der Waals surface area contributed by atoms with Crippen LogP contribution in [0.1, 0.15) is 16.7 Å². The van der Waals surface area contributed by atoms with Gasteiger partial charge < -0.3 is 9.64 Å². The number of carbonyl (C=O) groups is 1. The van der Waals surface area contributed by atoms with E-state index in [0.29, 0.717) is 13.0 Å². The highest BCUT2D eigenvalue weighted by Gasteiger charge is 2.17. The van der Waals surface area contributed by atoms with E-state index in [0.717, 1.165) is 28.1 Å². The van der Waals surface area contributed by atoms with Crippen molar-refractivity contribution in [2.24, 2.45) is 0 Å². The molecule has 0 radical (unpaired) electrons. The highest BCUT2D eigenvalue weighted by atomic mass is 16.5. The minimum absolute atomic E-state index is 0.0459. The maximum Gasteiger partial charge on any atom is 0.231 e. The van der Waals surface area contributed by atoms with Gasteiger partial charge in [0, 0.05) is 18.1 Å². The summed E-state index contributed by atoms with van der Waals surface area (Å²) in [5, 5.41) is 0. The highest BCUT2D eigenvalue weighted by molar-refractivity contribution is 5.94. The van der Waals surface area contributed by atoms with Gasteiger partial charge in [0.2, 0.25) is 5.91 Å². The second kappa shape index (κ2) is 8.30. The molecule has 0 N–H and O–H groups in total. The summed E-state index contributed by atoms with van der Waals surface area (Å²) in [5.41, 5.74) is 3.97. The molecule has 3 rings (SSSR count). The summed E-state index contributed by atoms with van der Waals surface area (Å²) in [6.45, 7) is 2.52. The maximum atomic E-state index is 13.1. The van der Waals surface area contributed by atoms with Crippen LogP contribution in [0.3, 0.4) is 0 Å². The number of anilines is 1. The summed E-state index contributed by atoms with van der Waals surface area (Å²) < 4.78 is 5.18. The summed E-state index contributed by atoms with van der Waals surface area (Å²) >= 11 is 0. The predicted octanol–water partition coefficient (Wildman–Crippen LogP) is 4.17. The molecule has 0 aliphatic heterocycles. The Hall–Kier alpha value is -3.14. The van der Waals surface area contributed by atoms with Crippen LogP contribution in [-0.4, -0.2) is 18.0 Å². The fourth-order valence-electron chi connectivity index (χ4n) is 2.81. The van der Waals surface area contributed by atoms with E-state index in [-0.39, 0.29) is 5.91 Å². The molecule has 1 aromatic heterocycles. The molecule has 0 saturated heterocycles. The van der Waals surface area contributed by atoms with Crippen molar-refractivity contribution in [3.8, 4) is 5.75 Å². The van der Waals surface area contributed by atoms with Gasteiger partial charge in [-0.3, -0.25) is 9.78 Å². The number of ether oxygens (including phenoxy) is 1. The number of aryl methyl sites for hydroxylation is 1. The summed E-state index contributed by atoms with van der Waals surface area (Å²) in [4.78, 5) is 19.0. The zero-order chi connectivity index (χ0) is 18.4. The maximum absolute atomic E-state index is 13.1. The third kappa shape index (κ3) is 4.48. The van der Waals surface area contributed by atoms with E-state index in [2.05, 4.69) is 4.98 Å². The summed E-state index contributed by atoms with van der Waals surface area (Å²) in [6.07, 6.45) is 3.86. The molecule has 0 bridgehead atoms. The predicted molar refractivity (Wildman–Crippen MR) is 103 cm³/mol. The van der Waals surface area contributed by atoms with Crippen LogP contribution in [0.15, 0.2) is 73.1 Å². The van der Waals surface area contributed by atoms with Gasteiger partial charge in [0.05, 0.1) is 20.1 Å². The Morgan fingerprint density at radius 2 is 1.85 bits per heavy atom. The van der Waals surface area contributed by atoms with Gasteiger partial charge in [-0.05, 0) is 53.9 Å². The molecule has 0 spiro atoms. The standard InChI is InChI=1S/C22H22N2O2/c1-17-5-3-7-20(13-17)24(16-19-6-4-12-23-15-19)22(25)14-18-8-10-21(26-2)11-9-18/h3-13,15H,14,16H2,1-2H3. The van der Waals surface area contributed by atoms with Crippen LogP contribution in [0.5, 0.6) is 5.75 Å². The lowest BCUT2D eigenvalue weighted by Crippen LogP contribution is -2.31. The Kier molecular flexibility index (Phi) is 5.64. The van der Waals surface area contributed by atoms with Crippen LogP contribution < -0.4 is 9.64 Å². The number of pyridine rings is 1. The lowest BCUT2D eigenvalue weighted by atomic mass is 10.1. The van der Waals surface area contributed by atoms with E-state index in [1.807, 2.05) is 72.5 Å². The minimum atomic E-state index is 0.0459. The second-order valence-corrected chi connectivity index (χ2v) is 6.21. The van der Waals surface area contributed by atoms with Crippen molar-refractivity contribution in [1.29, 1.82) is 0 Å². The van der Waals surface area contributed by atoms with Gasteiger partial charge in [-0.15, -0.1) is 0 Å². The molecule has 0 fully saturated rings. The summed E-state index contributed by atoms with van der Waals surface area (Å²) in [5.74, 6) is 0.830. The van der Waals surface area contributed by atoms with Gasteiger partial charge in [0.1, 0.15) is 5.75 Å². The second-order valence-electron chi connectivity index (χ2n) is 6.21.